The third-order valence-electron chi connectivity index (χ3n) is 2.16. The number of terminal acetylenes is 1. The molecule has 0 radical (unpaired) electrons. The van der Waals surface area contributed by atoms with Crippen LogP contribution in [0.15, 0.2) is 4.99 Å². The first-order chi connectivity index (χ1) is 6.43. The van der Waals surface area contributed by atoms with Crippen molar-refractivity contribution in [2.75, 3.05) is 13.2 Å². The molecule has 72 valence electrons. The molecule has 1 heterocycles. The minimum absolute atomic E-state index is 0.360. The molecule has 0 atom stereocenters. The highest BCUT2D eigenvalue weighted by atomic mass is 16.5. The van der Waals surface area contributed by atoms with Gasteiger partial charge in [0.1, 0.15) is 6.61 Å². The van der Waals surface area contributed by atoms with Crippen molar-refractivity contribution in [1.29, 1.82) is 0 Å². The van der Waals surface area contributed by atoms with E-state index in [9.17, 15) is 0 Å². The van der Waals surface area contributed by atoms with Crippen LogP contribution in [0.1, 0.15) is 38.5 Å². The average molecular weight is 179 g/mol. The van der Waals surface area contributed by atoms with E-state index >= 15 is 0 Å². The molecule has 0 saturated heterocycles. The molecule has 1 aliphatic heterocycles. The van der Waals surface area contributed by atoms with E-state index in [1.54, 1.807) is 0 Å². The molecule has 0 unspecified atom stereocenters. The lowest BCUT2D eigenvalue weighted by molar-refractivity contribution is 0.343. The molecule has 0 bridgehead atoms. The predicted molar refractivity (Wildman–Crippen MR) is 54.8 cm³/mol. The lowest BCUT2D eigenvalue weighted by Gasteiger charge is -2.04. The van der Waals surface area contributed by atoms with Crippen molar-refractivity contribution >= 4 is 5.90 Å². The van der Waals surface area contributed by atoms with Crippen LogP contribution in [0.5, 0.6) is 0 Å². The topological polar surface area (TPSA) is 21.6 Å². The molecule has 0 aromatic rings. The zero-order valence-corrected chi connectivity index (χ0v) is 8.09. The Morgan fingerprint density at radius 2 is 2.00 bits per heavy atom. The molecule has 1 rings (SSSR count). The number of nitrogens with zero attached hydrogens (tertiary/aromatic N) is 1. The molecule has 0 aromatic carbocycles. The zero-order valence-electron chi connectivity index (χ0n) is 8.09. The van der Waals surface area contributed by atoms with Gasteiger partial charge in [-0.1, -0.05) is 25.2 Å². The maximum Gasteiger partial charge on any atom is 0.184 e. The summed E-state index contributed by atoms with van der Waals surface area (Å²) in [6.07, 6.45) is 12.4. The van der Waals surface area contributed by atoms with E-state index in [4.69, 9.17) is 11.2 Å². The molecule has 0 N–H and O–H groups in total. The molecule has 0 spiro atoms. The van der Waals surface area contributed by atoms with Crippen molar-refractivity contribution in [2.24, 2.45) is 4.99 Å². The van der Waals surface area contributed by atoms with Crippen LogP contribution in [0.25, 0.3) is 0 Å². The van der Waals surface area contributed by atoms with Gasteiger partial charge in [-0.15, -0.1) is 6.42 Å². The highest BCUT2D eigenvalue weighted by Crippen LogP contribution is 2.10. The van der Waals surface area contributed by atoms with Crippen molar-refractivity contribution in [1.82, 2.24) is 0 Å². The average Bonchev–Trinajstić information content (AvgIpc) is 2.28. The first-order valence-corrected chi connectivity index (χ1v) is 5.03. The summed E-state index contributed by atoms with van der Waals surface area (Å²) < 4.78 is 5.34. The molecular weight excluding hydrogens is 162 g/mol. The zero-order chi connectivity index (χ0) is 9.36. The van der Waals surface area contributed by atoms with Gasteiger partial charge in [-0.3, -0.25) is 4.99 Å². The van der Waals surface area contributed by atoms with Gasteiger partial charge in [0.2, 0.25) is 0 Å². The van der Waals surface area contributed by atoms with Crippen LogP contribution in [-0.4, -0.2) is 19.0 Å². The summed E-state index contributed by atoms with van der Waals surface area (Å²) >= 11 is 0. The molecular formula is C11H17NO. The smallest absolute Gasteiger partial charge is 0.184 e. The molecule has 0 saturated carbocycles. The van der Waals surface area contributed by atoms with Crippen molar-refractivity contribution in [3.8, 4) is 12.3 Å². The molecule has 0 fully saturated rings. The largest absolute Gasteiger partial charge is 0.468 e. The van der Waals surface area contributed by atoms with Crippen molar-refractivity contribution in [3.63, 3.8) is 0 Å². The molecule has 13 heavy (non-hydrogen) atoms. The first-order valence-electron chi connectivity index (χ1n) is 5.03. The van der Waals surface area contributed by atoms with E-state index in [2.05, 4.69) is 10.9 Å². The predicted octanol–water partition coefficient (Wildman–Crippen LogP) is 2.39. The number of aliphatic imine (C=N–C) groups is 1. The van der Waals surface area contributed by atoms with Crippen LogP contribution in [0.4, 0.5) is 0 Å². The number of hydrogen-bond donors (Lipinski definition) is 0. The van der Waals surface area contributed by atoms with Crippen LogP contribution in [0, 0.1) is 12.3 Å². The second-order valence-electron chi connectivity index (χ2n) is 3.29. The van der Waals surface area contributed by atoms with Gasteiger partial charge >= 0.3 is 0 Å². The van der Waals surface area contributed by atoms with Crippen LogP contribution in [-0.2, 0) is 4.74 Å². The van der Waals surface area contributed by atoms with Crippen molar-refractivity contribution < 1.29 is 4.74 Å². The second-order valence-corrected chi connectivity index (χ2v) is 3.29. The highest BCUT2D eigenvalue weighted by molar-refractivity contribution is 5.76. The van der Waals surface area contributed by atoms with Gasteiger partial charge < -0.3 is 4.74 Å². The fourth-order valence-electron chi connectivity index (χ4n) is 1.44. The standard InChI is InChI=1S/C11H17NO/c1-2-10-13-11-8-6-4-3-5-7-9-12-11/h1H,3-10H2/b12-11+. The van der Waals surface area contributed by atoms with Crippen molar-refractivity contribution in [2.45, 2.75) is 38.5 Å². The van der Waals surface area contributed by atoms with Crippen LogP contribution in [0.3, 0.4) is 0 Å². The lowest BCUT2D eigenvalue weighted by Crippen LogP contribution is -2.05. The Morgan fingerprint density at radius 3 is 2.85 bits per heavy atom. The Balaban J connectivity index is 2.34. The Labute approximate surface area is 80.4 Å². The SMILES string of the molecule is C#CCO/C1=N/CCCCCCC1. The van der Waals surface area contributed by atoms with E-state index < -0.39 is 0 Å². The van der Waals surface area contributed by atoms with Gasteiger partial charge in [0.25, 0.3) is 0 Å². The summed E-state index contributed by atoms with van der Waals surface area (Å²) in [5.74, 6) is 3.32. The summed E-state index contributed by atoms with van der Waals surface area (Å²) in [5, 5.41) is 0. The quantitative estimate of drug-likeness (QED) is 0.566. The Bertz CT molecular complexity index is 203. The van der Waals surface area contributed by atoms with Crippen LogP contribution in [0.2, 0.25) is 0 Å². The molecule has 2 nitrogen and oxygen atoms in total. The number of rotatable bonds is 1. The van der Waals surface area contributed by atoms with Crippen molar-refractivity contribution in [3.05, 3.63) is 0 Å². The molecule has 1 aliphatic rings. The van der Waals surface area contributed by atoms with E-state index in [1.165, 1.54) is 32.1 Å². The lowest BCUT2D eigenvalue weighted by atomic mass is 10.1. The second kappa shape index (κ2) is 6.54. The Morgan fingerprint density at radius 1 is 1.23 bits per heavy atom. The molecule has 2 heteroatoms. The van der Waals surface area contributed by atoms with Crippen LogP contribution >= 0.6 is 0 Å². The summed E-state index contributed by atoms with van der Waals surface area (Å²) in [5.41, 5.74) is 0. The first kappa shape index (κ1) is 10.1. The normalized spacial score (nSPS) is 22.8. The third kappa shape index (κ3) is 4.57. The molecule has 0 amide bonds. The molecule has 0 aromatic heterocycles. The molecule has 0 aliphatic carbocycles. The summed E-state index contributed by atoms with van der Waals surface area (Å²) in [6, 6.07) is 0. The van der Waals surface area contributed by atoms with E-state index in [1.807, 2.05) is 0 Å². The third-order valence-corrected chi connectivity index (χ3v) is 2.16. The van der Waals surface area contributed by atoms with E-state index in [0.717, 1.165) is 18.9 Å². The Hall–Kier alpha value is -0.970. The minimum atomic E-state index is 0.360. The van der Waals surface area contributed by atoms with Gasteiger partial charge in [0, 0.05) is 13.0 Å². The Kier molecular flexibility index (Phi) is 5.08. The van der Waals surface area contributed by atoms with Gasteiger partial charge in [-0.05, 0) is 12.8 Å². The van der Waals surface area contributed by atoms with E-state index in [-0.39, 0.29) is 0 Å². The fraction of sp³-hybridized carbons (Fsp3) is 0.727. The summed E-state index contributed by atoms with van der Waals surface area (Å²) in [6.45, 7) is 1.26. The van der Waals surface area contributed by atoms with Gasteiger partial charge in [0.05, 0.1) is 0 Å². The maximum atomic E-state index is 5.34. The van der Waals surface area contributed by atoms with Crippen LogP contribution < -0.4 is 0 Å². The number of ether oxygens (including phenoxy) is 1. The van der Waals surface area contributed by atoms with Gasteiger partial charge in [0.15, 0.2) is 5.90 Å². The maximum absolute atomic E-state index is 5.34. The minimum Gasteiger partial charge on any atom is -0.468 e. The van der Waals surface area contributed by atoms with Gasteiger partial charge in [-0.2, -0.15) is 0 Å². The van der Waals surface area contributed by atoms with E-state index in [0.29, 0.717) is 6.61 Å². The highest BCUT2D eigenvalue weighted by Gasteiger charge is 2.02. The van der Waals surface area contributed by atoms with Gasteiger partial charge in [-0.25, -0.2) is 0 Å². The fourth-order valence-corrected chi connectivity index (χ4v) is 1.44. The number of hydrogen-bond acceptors (Lipinski definition) is 2. The summed E-state index contributed by atoms with van der Waals surface area (Å²) in [7, 11) is 0. The monoisotopic (exact) mass is 179 g/mol. The summed E-state index contributed by atoms with van der Waals surface area (Å²) in [4.78, 5) is 4.38.